The summed E-state index contributed by atoms with van der Waals surface area (Å²) in [6, 6.07) is 14.5. The van der Waals surface area contributed by atoms with Crippen molar-refractivity contribution in [3.05, 3.63) is 65.1 Å². The predicted octanol–water partition coefficient (Wildman–Crippen LogP) is 2.94. The minimum Gasteiger partial charge on any atom is -0.218 e. The van der Waals surface area contributed by atoms with Crippen molar-refractivity contribution in [1.29, 1.82) is 0 Å². The van der Waals surface area contributed by atoms with Crippen LogP contribution in [0, 0.1) is 13.8 Å². The number of fused-ring (bicyclic) bond motifs is 1. The van der Waals surface area contributed by atoms with Crippen molar-refractivity contribution in [3.8, 4) is 0 Å². The SMILES string of the molecule is Cc1ccc(Cc2nc3cccc(C)n3n2)cc1. The largest absolute Gasteiger partial charge is 0.218 e. The molecule has 0 radical (unpaired) electrons. The molecule has 2 aromatic heterocycles. The van der Waals surface area contributed by atoms with Crippen LogP contribution in [0.25, 0.3) is 5.65 Å². The maximum Gasteiger partial charge on any atom is 0.156 e. The predicted molar refractivity (Wildman–Crippen MR) is 71.7 cm³/mol. The Morgan fingerprint density at radius 2 is 1.78 bits per heavy atom. The van der Waals surface area contributed by atoms with Crippen molar-refractivity contribution in [2.75, 3.05) is 0 Å². The average molecular weight is 237 g/mol. The van der Waals surface area contributed by atoms with E-state index in [1.54, 1.807) is 0 Å². The first kappa shape index (κ1) is 11.0. The second-order valence-electron chi connectivity index (χ2n) is 4.63. The van der Waals surface area contributed by atoms with Gasteiger partial charge in [-0.25, -0.2) is 9.50 Å². The van der Waals surface area contributed by atoms with Crippen LogP contribution in [-0.4, -0.2) is 14.6 Å². The average Bonchev–Trinajstić information content (AvgIpc) is 2.76. The fourth-order valence-electron chi connectivity index (χ4n) is 2.04. The monoisotopic (exact) mass is 237 g/mol. The fourth-order valence-corrected chi connectivity index (χ4v) is 2.04. The molecule has 3 aromatic rings. The lowest BCUT2D eigenvalue weighted by Gasteiger charge is -1.97. The van der Waals surface area contributed by atoms with Gasteiger partial charge in [-0.05, 0) is 31.5 Å². The van der Waals surface area contributed by atoms with Crippen molar-refractivity contribution in [2.45, 2.75) is 20.3 Å². The lowest BCUT2D eigenvalue weighted by atomic mass is 10.1. The van der Waals surface area contributed by atoms with Crippen LogP contribution in [0.5, 0.6) is 0 Å². The molecule has 0 aliphatic heterocycles. The summed E-state index contributed by atoms with van der Waals surface area (Å²) in [5, 5.41) is 4.54. The van der Waals surface area contributed by atoms with E-state index >= 15 is 0 Å². The summed E-state index contributed by atoms with van der Waals surface area (Å²) in [4.78, 5) is 4.54. The number of rotatable bonds is 2. The zero-order valence-corrected chi connectivity index (χ0v) is 10.6. The zero-order chi connectivity index (χ0) is 12.5. The van der Waals surface area contributed by atoms with Gasteiger partial charge in [0.1, 0.15) is 0 Å². The molecule has 90 valence electrons. The molecular weight excluding hydrogens is 222 g/mol. The van der Waals surface area contributed by atoms with E-state index in [9.17, 15) is 0 Å². The van der Waals surface area contributed by atoms with E-state index in [0.29, 0.717) is 0 Å². The maximum absolute atomic E-state index is 4.54. The highest BCUT2D eigenvalue weighted by atomic mass is 15.3. The second-order valence-corrected chi connectivity index (χ2v) is 4.63. The van der Waals surface area contributed by atoms with Gasteiger partial charge in [0.15, 0.2) is 11.5 Å². The molecule has 0 atom stereocenters. The molecule has 0 saturated heterocycles. The number of aryl methyl sites for hydroxylation is 2. The molecule has 0 unspecified atom stereocenters. The van der Waals surface area contributed by atoms with Crippen molar-refractivity contribution >= 4 is 5.65 Å². The molecule has 0 aliphatic carbocycles. The van der Waals surface area contributed by atoms with E-state index in [2.05, 4.69) is 41.3 Å². The van der Waals surface area contributed by atoms with E-state index < -0.39 is 0 Å². The van der Waals surface area contributed by atoms with Crippen LogP contribution in [0.1, 0.15) is 22.6 Å². The standard InChI is InChI=1S/C15H15N3/c1-11-6-8-13(9-7-11)10-14-16-15-5-3-4-12(2)18(15)17-14/h3-9H,10H2,1-2H3. The molecule has 0 amide bonds. The van der Waals surface area contributed by atoms with Crippen molar-refractivity contribution in [3.63, 3.8) is 0 Å². The molecule has 0 saturated carbocycles. The molecule has 0 N–H and O–H groups in total. The smallest absolute Gasteiger partial charge is 0.156 e. The molecule has 0 spiro atoms. The number of aromatic nitrogens is 3. The summed E-state index contributed by atoms with van der Waals surface area (Å²) in [6.07, 6.45) is 0.779. The first-order valence-electron chi connectivity index (χ1n) is 6.09. The minimum absolute atomic E-state index is 0.779. The highest BCUT2D eigenvalue weighted by Gasteiger charge is 2.05. The molecule has 0 aliphatic rings. The Morgan fingerprint density at radius 3 is 2.50 bits per heavy atom. The lowest BCUT2D eigenvalue weighted by Crippen LogP contribution is -1.94. The quantitative estimate of drug-likeness (QED) is 0.686. The van der Waals surface area contributed by atoms with Gasteiger partial charge in [-0.15, -0.1) is 0 Å². The zero-order valence-electron chi connectivity index (χ0n) is 10.6. The first-order valence-corrected chi connectivity index (χ1v) is 6.09. The summed E-state index contributed by atoms with van der Waals surface area (Å²) < 4.78 is 1.89. The molecule has 3 rings (SSSR count). The van der Waals surface area contributed by atoms with Crippen LogP contribution in [0.3, 0.4) is 0 Å². The van der Waals surface area contributed by atoms with Gasteiger partial charge in [0.25, 0.3) is 0 Å². The van der Waals surface area contributed by atoms with E-state index in [-0.39, 0.29) is 0 Å². The van der Waals surface area contributed by atoms with E-state index in [1.165, 1.54) is 11.1 Å². The Bertz CT molecular complexity index is 681. The Hall–Kier alpha value is -2.16. The third kappa shape index (κ3) is 1.99. The van der Waals surface area contributed by atoms with Gasteiger partial charge in [0.05, 0.1) is 0 Å². The van der Waals surface area contributed by atoms with E-state index in [0.717, 1.165) is 23.6 Å². The van der Waals surface area contributed by atoms with Crippen LogP contribution >= 0.6 is 0 Å². The summed E-state index contributed by atoms with van der Waals surface area (Å²) >= 11 is 0. The Balaban J connectivity index is 1.95. The summed E-state index contributed by atoms with van der Waals surface area (Å²) in [5.74, 6) is 0.869. The molecular formula is C15H15N3. The van der Waals surface area contributed by atoms with Crippen molar-refractivity contribution in [1.82, 2.24) is 14.6 Å². The number of nitrogens with zero attached hydrogens (tertiary/aromatic N) is 3. The molecule has 1 aromatic carbocycles. The summed E-state index contributed by atoms with van der Waals surface area (Å²) in [6.45, 7) is 4.13. The number of benzene rings is 1. The van der Waals surface area contributed by atoms with Gasteiger partial charge < -0.3 is 0 Å². The molecule has 18 heavy (non-hydrogen) atoms. The van der Waals surface area contributed by atoms with Gasteiger partial charge >= 0.3 is 0 Å². The van der Waals surface area contributed by atoms with Crippen LogP contribution in [-0.2, 0) is 6.42 Å². The lowest BCUT2D eigenvalue weighted by molar-refractivity contribution is 0.870. The van der Waals surface area contributed by atoms with Crippen LogP contribution in [0.4, 0.5) is 0 Å². The third-order valence-corrected chi connectivity index (χ3v) is 3.08. The van der Waals surface area contributed by atoms with Gasteiger partial charge in [0, 0.05) is 12.1 Å². The first-order chi connectivity index (χ1) is 8.72. The Kier molecular flexibility index (Phi) is 2.59. The molecule has 2 heterocycles. The highest BCUT2D eigenvalue weighted by Crippen LogP contribution is 2.10. The molecule has 3 heteroatoms. The van der Waals surface area contributed by atoms with Crippen LogP contribution in [0.2, 0.25) is 0 Å². The number of pyridine rings is 1. The topological polar surface area (TPSA) is 30.2 Å². The van der Waals surface area contributed by atoms with Gasteiger partial charge in [-0.2, -0.15) is 5.10 Å². The van der Waals surface area contributed by atoms with E-state index in [1.807, 2.05) is 29.6 Å². The Labute approximate surface area is 106 Å². The van der Waals surface area contributed by atoms with Gasteiger partial charge in [0.2, 0.25) is 0 Å². The van der Waals surface area contributed by atoms with Crippen LogP contribution in [0.15, 0.2) is 42.5 Å². The molecule has 3 nitrogen and oxygen atoms in total. The normalized spacial score (nSPS) is 11.0. The molecule has 0 fully saturated rings. The Morgan fingerprint density at radius 1 is 1.00 bits per heavy atom. The van der Waals surface area contributed by atoms with Crippen LogP contribution < -0.4 is 0 Å². The summed E-state index contributed by atoms with van der Waals surface area (Å²) in [7, 11) is 0. The number of hydrogen-bond donors (Lipinski definition) is 0. The number of hydrogen-bond acceptors (Lipinski definition) is 2. The minimum atomic E-state index is 0.779. The third-order valence-electron chi connectivity index (χ3n) is 3.08. The van der Waals surface area contributed by atoms with E-state index in [4.69, 9.17) is 0 Å². The van der Waals surface area contributed by atoms with Crippen molar-refractivity contribution < 1.29 is 0 Å². The highest BCUT2D eigenvalue weighted by molar-refractivity contribution is 5.39. The van der Waals surface area contributed by atoms with Crippen molar-refractivity contribution in [2.24, 2.45) is 0 Å². The van der Waals surface area contributed by atoms with Gasteiger partial charge in [-0.3, -0.25) is 0 Å². The summed E-state index contributed by atoms with van der Waals surface area (Å²) in [5.41, 5.74) is 4.54. The second kappa shape index (κ2) is 4.26. The maximum atomic E-state index is 4.54. The molecule has 0 bridgehead atoms. The van der Waals surface area contributed by atoms with Gasteiger partial charge in [-0.1, -0.05) is 35.9 Å². The fraction of sp³-hybridized carbons (Fsp3) is 0.200.